The van der Waals surface area contributed by atoms with Crippen LogP contribution in [0.3, 0.4) is 0 Å². The van der Waals surface area contributed by atoms with E-state index >= 15 is 0 Å². The largest absolute Gasteiger partial charge is 0.492 e. The first-order valence-corrected chi connectivity index (χ1v) is 4.66. The van der Waals surface area contributed by atoms with Gasteiger partial charge in [0.25, 0.3) is 0 Å². The Morgan fingerprint density at radius 2 is 2.14 bits per heavy atom. The smallest absolute Gasteiger partial charge is 0.137 e. The van der Waals surface area contributed by atoms with Gasteiger partial charge in [-0.3, -0.25) is 0 Å². The molecule has 0 heterocycles. The highest BCUT2D eigenvalue weighted by atomic mass is 16.5. The number of benzene rings is 1. The van der Waals surface area contributed by atoms with Crippen LogP contribution in [-0.2, 0) is 0 Å². The minimum atomic E-state index is 0.586. The molecule has 1 aromatic carbocycles. The fourth-order valence-electron chi connectivity index (χ4n) is 1.21. The molecule has 0 N–H and O–H groups in total. The molecule has 0 atom stereocenters. The summed E-state index contributed by atoms with van der Waals surface area (Å²) < 4.78 is 5.33. The molecule has 73 valence electrons. The summed E-state index contributed by atoms with van der Waals surface area (Å²) in [5, 5.41) is 8.91. The molecular formula is C12H14NO. The molecule has 0 bridgehead atoms. The predicted molar refractivity (Wildman–Crippen MR) is 56.0 cm³/mol. The van der Waals surface area contributed by atoms with Gasteiger partial charge in [0.15, 0.2) is 0 Å². The number of hydrogen-bond donors (Lipinski definition) is 0. The lowest BCUT2D eigenvalue weighted by Crippen LogP contribution is -1.96. The second-order valence-corrected chi connectivity index (χ2v) is 3.26. The first-order valence-electron chi connectivity index (χ1n) is 4.66. The Bertz CT molecular complexity index is 350. The lowest BCUT2D eigenvalue weighted by Gasteiger charge is -2.09. The van der Waals surface area contributed by atoms with Crippen LogP contribution in [0.5, 0.6) is 5.75 Å². The van der Waals surface area contributed by atoms with E-state index in [1.54, 1.807) is 0 Å². The number of nitrogens with zero attached hydrogens (tertiary/aromatic N) is 1. The summed E-state index contributed by atoms with van der Waals surface area (Å²) in [6, 6.07) is 7.82. The number of nitriles is 1. The van der Waals surface area contributed by atoms with Gasteiger partial charge in [-0.15, -0.1) is 0 Å². The minimum Gasteiger partial charge on any atom is -0.492 e. The summed E-state index contributed by atoms with van der Waals surface area (Å²) in [5.41, 5.74) is 1.69. The van der Waals surface area contributed by atoms with Crippen molar-refractivity contribution in [2.24, 2.45) is 0 Å². The van der Waals surface area contributed by atoms with Crippen LogP contribution in [-0.4, -0.2) is 6.61 Å². The third-order valence-electron chi connectivity index (χ3n) is 1.98. The minimum absolute atomic E-state index is 0.586. The Labute approximate surface area is 85.1 Å². The van der Waals surface area contributed by atoms with Crippen LogP contribution >= 0.6 is 0 Å². The van der Waals surface area contributed by atoms with Crippen LogP contribution in [0.4, 0.5) is 0 Å². The lowest BCUT2D eigenvalue weighted by molar-refractivity contribution is 0.339. The van der Waals surface area contributed by atoms with Crippen molar-refractivity contribution in [2.75, 3.05) is 6.61 Å². The Morgan fingerprint density at radius 3 is 2.64 bits per heavy atom. The molecule has 0 unspecified atom stereocenters. The Kier molecular flexibility index (Phi) is 3.53. The van der Waals surface area contributed by atoms with Crippen molar-refractivity contribution in [3.63, 3.8) is 0 Å². The first kappa shape index (κ1) is 10.6. The average Bonchev–Trinajstić information content (AvgIpc) is 2.18. The molecule has 1 aromatic rings. The van der Waals surface area contributed by atoms with Crippen molar-refractivity contribution < 1.29 is 4.74 Å². The standard InChI is InChI=1S/C12H14NO/c1-4-14-12-6-5-10(9(2)3)7-11(12)8-13/h5-7H,4H2,1-3H3. The highest BCUT2D eigenvalue weighted by Gasteiger charge is 2.06. The SMILES string of the molecule is CCOc1ccc([C](C)C)cc1C#N. The lowest BCUT2D eigenvalue weighted by atomic mass is 10.0. The molecule has 0 saturated heterocycles. The molecule has 1 radical (unpaired) electrons. The third kappa shape index (κ3) is 2.26. The van der Waals surface area contributed by atoms with Gasteiger partial charge in [0.05, 0.1) is 12.2 Å². The van der Waals surface area contributed by atoms with E-state index in [1.807, 2.05) is 39.0 Å². The van der Waals surface area contributed by atoms with Crippen molar-refractivity contribution in [1.29, 1.82) is 5.26 Å². The molecule has 1 rings (SSSR count). The summed E-state index contributed by atoms with van der Waals surface area (Å²) >= 11 is 0. The molecule has 0 spiro atoms. The van der Waals surface area contributed by atoms with E-state index in [9.17, 15) is 0 Å². The van der Waals surface area contributed by atoms with Gasteiger partial charge in [0.1, 0.15) is 11.8 Å². The molecule has 0 fully saturated rings. The number of ether oxygens (including phenoxy) is 1. The van der Waals surface area contributed by atoms with Crippen LogP contribution < -0.4 is 4.74 Å². The van der Waals surface area contributed by atoms with Gasteiger partial charge in [0, 0.05) is 0 Å². The fourth-order valence-corrected chi connectivity index (χ4v) is 1.21. The van der Waals surface area contributed by atoms with E-state index in [4.69, 9.17) is 10.00 Å². The van der Waals surface area contributed by atoms with Gasteiger partial charge in [0.2, 0.25) is 0 Å². The highest BCUT2D eigenvalue weighted by Crippen LogP contribution is 2.23. The fraction of sp³-hybridized carbons (Fsp3) is 0.333. The Balaban J connectivity index is 3.07. The van der Waals surface area contributed by atoms with Crippen molar-refractivity contribution >= 4 is 0 Å². The molecule has 0 aliphatic heterocycles. The summed E-state index contributed by atoms with van der Waals surface area (Å²) in [5.74, 6) is 1.87. The summed E-state index contributed by atoms with van der Waals surface area (Å²) in [4.78, 5) is 0. The second kappa shape index (κ2) is 4.66. The summed E-state index contributed by atoms with van der Waals surface area (Å²) in [7, 11) is 0. The van der Waals surface area contributed by atoms with Crippen LogP contribution in [0.25, 0.3) is 0 Å². The van der Waals surface area contributed by atoms with Crippen LogP contribution in [0.1, 0.15) is 31.9 Å². The van der Waals surface area contributed by atoms with Gasteiger partial charge in [-0.2, -0.15) is 5.26 Å². The van der Waals surface area contributed by atoms with E-state index < -0.39 is 0 Å². The molecule has 0 saturated carbocycles. The second-order valence-electron chi connectivity index (χ2n) is 3.26. The van der Waals surface area contributed by atoms with Gasteiger partial charge in [-0.1, -0.05) is 19.9 Å². The predicted octanol–water partition coefficient (Wildman–Crippen LogP) is 2.92. The first-order chi connectivity index (χ1) is 6.69. The molecule has 14 heavy (non-hydrogen) atoms. The molecule has 2 nitrogen and oxygen atoms in total. The zero-order valence-corrected chi connectivity index (χ0v) is 8.79. The average molecular weight is 188 g/mol. The summed E-state index contributed by atoms with van der Waals surface area (Å²) in [6.45, 7) is 6.54. The van der Waals surface area contributed by atoms with E-state index in [0.717, 1.165) is 5.56 Å². The molecule has 2 heteroatoms. The van der Waals surface area contributed by atoms with Crippen LogP contribution in [0.15, 0.2) is 18.2 Å². The van der Waals surface area contributed by atoms with Crippen molar-refractivity contribution in [3.8, 4) is 11.8 Å². The van der Waals surface area contributed by atoms with E-state index in [-0.39, 0.29) is 0 Å². The van der Waals surface area contributed by atoms with Gasteiger partial charge in [-0.05, 0) is 30.5 Å². The highest BCUT2D eigenvalue weighted by molar-refractivity contribution is 5.48. The maximum atomic E-state index is 8.91. The van der Waals surface area contributed by atoms with Crippen molar-refractivity contribution in [1.82, 2.24) is 0 Å². The zero-order valence-electron chi connectivity index (χ0n) is 8.79. The maximum absolute atomic E-state index is 8.91. The van der Waals surface area contributed by atoms with Gasteiger partial charge >= 0.3 is 0 Å². The molecule has 0 aromatic heterocycles. The number of hydrogen-bond acceptors (Lipinski definition) is 2. The van der Waals surface area contributed by atoms with Crippen LogP contribution in [0, 0.1) is 17.2 Å². The van der Waals surface area contributed by atoms with Crippen LogP contribution in [0.2, 0.25) is 0 Å². The van der Waals surface area contributed by atoms with Gasteiger partial charge in [-0.25, -0.2) is 0 Å². The van der Waals surface area contributed by atoms with Crippen molar-refractivity contribution in [2.45, 2.75) is 20.8 Å². The maximum Gasteiger partial charge on any atom is 0.137 e. The van der Waals surface area contributed by atoms with E-state index in [2.05, 4.69) is 6.07 Å². The monoisotopic (exact) mass is 188 g/mol. The third-order valence-corrected chi connectivity index (χ3v) is 1.98. The van der Waals surface area contributed by atoms with E-state index in [0.29, 0.717) is 17.9 Å². The molecular weight excluding hydrogens is 174 g/mol. The topological polar surface area (TPSA) is 33.0 Å². The molecule has 0 aliphatic rings. The Hall–Kier alpha value is -1.49. The molecule has 0 amide bonds. The zero-order chi connectivity index (χ0) is 10.6. The van der Waals surface area contributed by atoms with Gasteiger partial charge < -0.3 is 4.74 Å². The quantitative estimate of drug-likeness (QED) is 0.730. The van der Waals surface area contributed by atoms with E-state index in [1.165, 1.54) is 5.92 Å². The summed E-state index contributed by atoms with van der Waals surface area (Å²) in [6.07, 6.45) is 0. The van der Waals surface area contributed by atoms with Crippen molar-refractivity contribution in [3.05, 3.63) is 35.2 Å². The normalized spacial score (nSPS) is 9.93. The Morgan fingerprint density at radius 1 is 1.43 bits per heavy atom. The number of rotatable bonds is 3. The molecule has 0 aliphatic carbocycles.